The summed E-state index contributed by atoms with van der Waals surface area (Å²) in [5.74, 6) is 0.410. The highest BCUT2D eigenvalue weighted by Crippen LogP contribution is 2.29. The van der Waals surface area contributed by atoms with Crippen molar-refractivity contribution in [2.24, 2.45) is 0 Å². The van der Waals surface area contributed by atoms with Crippen molar-refractivity contribution in [3.05, 3.63) is 17.1 Å². The van der Waals surface area contributed by atoms with Crippen LogP contribution in [0, 0.1) is 0 Å². The van der Waals surface area contributed by atoms with E-state index in [-0.39, 0.29) is 4.88 Å². The molecule has 0 saturated heterocycles. The van der Waals surface area contributed by atoms with Crippen LogP contribution in [-0.2, 0) is 6.42 Å². The molecule has 0 bridgehead atoms. The second-order valence-electron chi connectivity index (χ2n) is 3.21. The summed E-state index contributed by atoms with van der Waals surface area (Å²) < 4.78 is 36.5. The lowest BCUT2D eigenvalue weighted by molar-refractivity contribution is -0.126. The van der Waals surface area contributed by atoms with Crippen LogP contribution in [-0.4, -0.2) is 23.2 Å². The first-order valence-electron chi connectivity index (χ1n) is 4.48. The van der Waals surface area contributed by atoms with Crippen LogP contribution in [0.25, 0.3) is 10.2 Å². The lowest BCUT2D eigenvalue weighted by Crippen LogP contribution is -2.09. The highest BCUT2D eigenvalue weighted by molar-refractivity contribution is 7.18. The van der Waals surface area contributed by atoms with Gasteiger partial charge in [0.15, 0.2) is 0 Å². The zero-order valence-electron chi connectivity index (χ0n) is 8.30. The molecule has 0 unspecified atom stereocenters. The maximum Gasteiger partial charge on any atom is 0.393 e. The summed E-state index contributed by atoms with van der Waals surface area (Å²) in [5.41, 5.74) is 0. The van der Waals surface area contributed by atoms with Gasteiger partial charge < -0.3 is 5.32 Å². The number of fused-ring (bicyclic) bond motifs is 1. The van der Waals surface area contributed by atoms with E-state index in [1.807, 2.05) is 0 Å². The third-order valence-electron chi connectivity index (χ3n) is 1.92. The Balaban J connectivity index is 2.36. The number of alkyl halides is 3. The molecule has 16 heavy (non-hydrogen) atoms. The first kappa shape index (κ1) is 11.1. The third kappa shape index (κ3) is 2.41. The summed E-state index contributed by atoms with van der Waals surface area (Å²) in [6, 6.07) is 1.48. The first-order valence-corrected chi connectivity index (χ1v) is 5.29. The number of rotatable bonds is 2. The summed E-state index contributed by atoms with van der Waals surface area (Å²) in [4.78, 5) is 8.83. The van der Waals surface area contributed by atoms with Crippen molar-refractivity contribution in [2.75, 3.05) is 12.4 Å². The zero-order chi connectivity index (χ0) is 11.8. The number of anilines is 1. The van der Waals surface area contributed by atoms with E-state index >= 15 is 0 Å². The summed E-state index contributed by atoms with van der Waals surface area (Å²) in [5, 5.41) is 3.38. The average molecular weight is 247 g/mol. The standard InChI is InChI=1S/C9H8F3N3S/c1-13-8-14-4-5-2-6(3-9(10,11)12)16-7(5)15-8/h2,4H,3H2,1H3,(H,13,14,15). The zero-order valence-corrected chi connectivity index (χ0v) is 9.11. The Morgan fingerprint density at radius 2 is 2.19 bits per heavy atom. The van der Waals surface area contributed by atoms with Crippen LogP contribution in [0.2, 0.25) is 0 Å². The molecule has 0 fully saturated rings. The molecule has 0 atom stereocenters. The highest BCUT2D eigenvalue weighted by Gasteiger charge is 2.28. The van der Waals surface area contributed by atoms with Crippen molar-refractivity contribution >= 4 is 27.5 Å². The van der Waals surface area contributed by atoms with Gasteiger partial charge >= 0.3 is 6.18 Å². The van der Waals surface area contributed by atoms with Gasteiger partial charge in [0.2, 0.25) is 5.95 Å². The molecule has 0 aliphatic heterocycles. The third-order valence-corrected chi connectivity index (χ3v) is 2.97. The number of hydrogen-bond acceptors (Lipinski definition) is 4. The Kier molecular flexibility index (Phi) is 2.71. The van der Waals surface area contributed by atoms with Crippen molar-refractivity contribution in [3.63, 3.8) is 0 Å². The van der Waals surface area contributed by atoms with E-state index in [1.165, 1.54) is 12.3 Å². The fraction of sp³-hybridized carbons (Fsp3) is 0.333. The topological polar surface area (TPSA) is 37.8 Å². The predicted molar refractivity (Wildman–Crippen MR) is 56.7 cm³/mol. The van der Waals surface area contributed by atoms with Crippen LogP contribution >= 0.6 is 11.3 Å². The Morgan fingerprint density at radius 3 is 2.81 bits per heavy atom. The van der Waals surface area contributed by atoms with E-state index in [9.17, 15) is 13.2 Å². The molecule has 0 amide bonds. The number of halogens is 3. The molecule has 0 saturated carbocycles. The number of thiophene rings is 1. The number of nitrogens with zero attached hydrogens (tertiary/aromatic N) is 2. The van der Waals surface area contributed by atoms with Gasteiger partial charge in [-0.25, -0.2) is 9.97 Å². The molecule has 7 heteroatoms. The Morgan fingerprint density at radius 1 is 1.44 bits per heavy atom. The van der Waals surface area contributed by atoms with Gasteiger partial charge in [-0.15, -0.1) is 11.3 Å². The molecule has 0 radical (unpaired) electrons. The molecular weight excluding hydrogens is 239 g/mol. The van der Waals surface area contributed by atoms with Crippen LogP contribution in [0.4, 0.5) is 19.1 Å². The van der Waals surface area contributed by atoms with Crippen LogP contribution in [0.15, 0.2) is 12.3 Å². The minimum atomic E-state index is -4.18. The Bertz CT molecular complexity index is 506. The smallest absolute Gasteiger partial charge is 0.357 e. The van der Waals surface area contributed by atoms with Crippen LogP contribution < -0.4 is 5.32 Å². The Labute approximate surface area is 93.3 Å². The normalized spacial score (nSPS) is 12.0. The molecule has 0 aliphatic carbocycles. The van der Waals surface area contributed by atoms with Crippen molar-refractivity contribution in [3.8, 4) is 0 Å². The molecule has 3 nitrogen and oxygen atoms in total. The molecular formula is C9H8F3N3S. The molecule has 2 heterocycles. The van der Waals surface area contributed by atoms with Gasteiger partial charge in [-0.1, -0.05) is 0 Å². The molecule has 2 aromatic rings. The molecule has 2 rings (SSSR count). The van der Waals surface area contributed by atoms with Gasteiger partial charge in [-0.05, 0) is 6.07 Å². The second-order valence-corrected chi connectivity index (χ2v) is 4.32. The fourth-order valence-corrected chi connectivity index (χ4v) is 2.32. The SMILES string of the molecule is CNc1ncc2cc(CC(F)(F)F)sc2n1. The minimum absolute atomic E-state index is 0.255. The van der Waals surface area contributed by atoms with Crippen LogP contribution in [0.1, 0.15) is 4.88 Å². The largest absolute Gasteiger partial charge is 0.393 e. The molecule has 2 aromatic heterocycles. The molecule has 86 valence electrons. The van der Waals surface area contributed by atoms with Crippen molar-refractivity contribution in [1.29, 1.82) is 0 Å². The molecule has 1 N–H and O–H groups in total. The fourth-order valence-electron chi connectivity index (χ4n) is 1.29. The van der Waals surface area contributed by atoms with E-state index in [0.717, 1.165) is 11.3 Å². The van der Waals surface area contributed by atoms with Gasteiger partial charge in [-0.2, -0.15) is 13.2 Å². The maximum absolute atomic E-state index is 12.2. The summed E-state index contributed by atoms with van der Waals surface area (Å²) >= 11 is 1.04. The van der Waals surface area contributed by atoms with Gasteiger partial charge in [0.05, 0.1) is 6.42 Å². The van der Waals surface area contributed by atoms with E-state index in [0.29, 0.717) is 16.2 Å². The highest BCUT2D eigenvalue weighted by atomic mass is 32.1. The molecule has 0 aliphatic rings. The Hall–Kier alpha value is -1.37. The van der Waals surface area contributed by atoms with Gasteiger partial charge in [0.25, 0.3) is 0 Å². The summed E-state index contributed by atoms with van der Waals surface area (Å²) in [7, 11) is 1.66. The number of hydrogen-bond donors (Lipinski definition) is 1. The van der Waals surface area contributed by atoms with E-state index in [1.54, 1.807) is 7.05 Å². The summed E-state index contributed by atoms with van der Waals surface area (Å²) in [6.45, 7) is 0. The van der Waals surface area contributed by atoms with Gasteiger partial charge in [-0.3, -0.25) is 0 Å². The quantitative estimate of drug-likeness (QED) is 0.886. The molecule has 0 spiro atoms. The van der Waals surface area contributed by atoms with Crippen LogP contribution in [0.3, 0.4) is 0 Å². The molecule has 0 aromatic carbocycles. The average Bonchev–Trinajstić information content (AvgIpc) is 2.55. The lowest BCUT2D eigenvalue weighted by Gasteiger charge is -2.01. The van der Waals surface area contributed by atoms with Crippen molar-refractivity contribution in [1.82, 2.24) is 9.97 Å². The predicted octanol–water partition coefficient (Wildman–Crippen LogP) is 2.84. The lowest BCUT2D eigenvalue weighted by atomic mass is 10.3. The number of aromatic nitrogens is 2. The van der Waals surface area contributed by atoms with Gasteiger partial charge in [0, 0.05) is 23.5 Å². The van der Waals surface area contributed by atoms with E-state index in [2.05, 4.69) is 15.3 Å². The van der Waals surface area contributed by atoms with Crippen molar-refractivity contribution < 1.29 is 13.2 Å². The summed E-state index contributed by atoms with van der Waals surface area (Å²) in [6.07, 6.45) is -3.58. The van der Waals surface area contributed by atoms with Crippen LogP contribution in [0.5, 0.6) is 0 Å². The monoisotopic (exact) mass is 247 g/mol. The maximum atomic E-state index is 12.2. The first-order chi connectivity index (χ1) is 7.48. The van der Waals surface area contributed by atoms with E-state index in [4.69, 9.17) is 0 Å². The van der Waals surface area contributed by atoms with Gasteiger partial charge in [0.1, 0.15) is 4.83 Å². The number of nitrogens with one attached hydrogen (secondary N) is 1. The minimum Gasteiger partial charge on any atom is -0.357 e. The second kappa shape index (κ2) is 3.89. The van der Waals surface area contributed by atoms with E-state index < -0.39 is 12.6 Å². The van der Waals surface area contributed by atoms with Crippen molar-refractivity contribution in [2.45, 2.75) is 12.6 Å².